The van der Waals surface area contributed by atoms with Gasteiger partial charge in [0.25, 0.3) is 0 Å². The van der Waals surface area contributed by atoms with Crippen molar-refractivity contribution in [3.63, 3.8) is 0 Å². The van der Waals surface area contributed by atoms with Crippen LogP contribution in [-0.2, 0) is 11.8 Å². The lowest BCUT2D eigenvalue weighted by Crippen LogP contribution is -2.34. The van der Waals surface area contributed by atoms with Gasteiger partial charge < -0.3 is 14.6 Å². The number of carbonyl (C=O) groups is 1. The maximum absolute atomic E-state index is 11.1. The van der Waals surface area contributed by atoms with Gasteiger partial charge in [0.15, 0.2) is 0 Å². The fourth-order valence-corrected chi connectivity index (χ4v) is 1.40. The fraction of sp³-hybridized carbons (Fsp3) is 0.600. The van der Waals surface area contributed by atoms with Crippen molar-refractivity contribution in [3.8, 4) is 0 Å². The van der Waals surface area contributed by atoms with Crippen molar-refractivity contribution in [3.05, 3.63) is 18.2 Å². The molecule has 0 aromatic carbocycles. The third-order valence-corrected chi connectivity index (χ3v) is 2.30. The van der Waals surface area contributed by atoms with E-state index in [1.165, 1.54) is 0 Å². The summed E-state index contributed by atoms with van der Waals surface area (Å²) in [6.45, 7) is 1.41. The number of rotatable bonds is 6. The number of aryl methyl sites for hydroxylation is 1. The van der Waals surface area contributed by atoms with Gasteiger partial charge in [-0.2, -0.15) is 0 Å². The van der Waals surface area contributed by atoms with E-state index in [1.54, 1.807) is 24.1 Å². The second-order valence-electron chi connectivity index (χ2n) is 3.96. The SMILES string of the molecule is CN(C)CCNC(C(=O)O)c1cncn1C. The molecule has 0 spiro atoms. The summed E-state index contributed by atoms with van der Waals surface area (Å²) in [5, 5.41) is 12.1. The number of carboxylic acids is 1. The molecule has 6 nitrogen and oxygen atoms in total. The number of nitrogens with one attached hydrogen (secondary N) is 1. The molecule has 6 heteroatoms. The minimum absolute atomic E-state index is 0.620. The van der Waals surface area contributed by atoms with E-state index in [-0.39, 0.29) is 0 Å². The van der Waals surface area contributed by atoms with Crippen molar-refractivity contribution < 1.29 is 9.90 Å². The average Bonchev–Trinajstić information content (AvgIpc) is 2.58. The summed E-state index contributed by atoms with van der Waals surface area (Å²) in [6, 6.07) is -0.701. The topological polar surface area (TPSA) is 70.4 Å². The molecule has 1 heterocycles. The predicted molar refractivity (Wildman–Crippen MR) is 60.1 cm³/mol. The highest BCUT2D eigenvalue weighted by Gasteiger charge is 2.21. The Labute approximate surface area is 94.9 Å². The summed E-state index contributed by atoms with van der Waals surface area (Å²) in [6.07, 6.45) is 3.17. The largest absolute Gasteiger partial charge is 0.480 e. The van der Waals surface area contributed by atoms with E-state index < -0.39 is 12.0 Å². The van der Waals surface area contributed by atoms with Gasteiger partial charge in [0.2, 0.25) is 0 Å². The van der Waals surface area contributed by atoms with Crippen molar-refractivity contribution in [2.75, 3.05) is 27.2 Å². The van der Waals surface area contributed by atoms with Crippen molar-refractivity contribution in [2.45, 2.75) is 6.04 Å². The minimum atomic E-state index is -0.887. The Morgan fingerprint density at radius 2 is 2.38 bits per heavy atom. The van der Waals surface area contributed by atoms with Gasteiger partial charge >= 0.3 is 5.97 Å². The molecule has 1 aromatic heterocycles. The number of likely N-dealkylation sites (N-methyl/N-ethyl adjacent to an activating group) is 1. The Kier molecular flexibility index (Phi) is 4.45. The van der Waals surface area contributed by atoms with Crippen LogP contribution in [0.1, 0.15) is 11.7 Å². The smallest absolute Gasteiger partial charge is 0.326 e. The zero-order valence-electron chi connectivity index (χ0n) is 9.84. The molecule has 90 valence electrons. The first kappa shape index (κ1) is 12.7. The summed E-state index contributed by atoms with van der Waals surface area (Å²) in [7, 11) is 5.68. The first-order valence-corrected chi connectivity index (χ1v) is 5.09. The van der Waals surface area contributed by atoms with Crippen molar-refractivity contribution in [2.24, 2.45) is 7.05 Å². The Hall–Kier alpha value is -1.40. The molecule has 16 heavy (non-hydrogen) atoms. The number of aliphatic carboxylic acids is 1. The van der Waals surface area contributed by atoms with Crippen molar-refractivity contribution >= 4 is 5.97 Å². The normalized spacial score (nSPS) is 13.0. The molecule has 0 bridgehead atoms. The highest BCUT2D eigenvalue weighted by molar-refractivity contribution is 5.74. The number of hydrogen-bond acceptors (Lipinski definition) is 4. The molecule has 1 atom stereocenters. The number of imidazole rings is 1. The summed E-state index contributed by atoms with van der Waals surface area (Å²) in [5.74, 6) is -0.887. The molecule has 0 aliphatic heterocycles. The molecule has 0 aliphatic rings. The van der Waals surface area contributed by atoms with Crippen LogP contribution < -0.4 is 5.32 Å². The van der Waals surface area contributed by atoms with Crippen LogP contribution in [0.5, 0.6) is 0 Å². The predicted octanol–water partition coefficient (Wildman–Crippen LogP) is -0.303. The Balaban J connectivity index is 2.62. The Bertz CT molecular complexity index is 348. The van der Waals surface area contributed by atoms with Gasteiger partial charge in [0.05, 0.1) is 18.2 Å². The van der Waals surface area contributed by atoms with E-state index >= 15 is 0 Å². The van der Waals surface area contributed by atoms with Gasteiger partial charge in [-0.05, 0) is 14.1 Å². The van der Waals surface area contributed by atoms with Gasteiger partial charge in [-0.25, -0.2) is 4.98 Å². The van der Waals surface area contributed by atoms with E-state index in [2.05, 4.69) is 10.3 Å². The third kappa shape index (κ3) is 3.32. The average molecular weight is 226 g/mol. The lowest BCUT2D eigenvalue weighted by molar-refractivity contribution is -0.139. The van der Waals surface area contributed by atoms with E-state index in [1.807, 2.05) is 19.0 Å². The Morgan fingerprint density at radius 1 is 1.69 bits per heavy atom. The van der Waals surface area contributed by atoms with Gasteiger partial charge in [-0.1, -0.05) is 0 Å². The monoisotopic (exact) mass is 226 g/mol. The van der Waals surface area contributed by atoms with Crippen molar-refractivity contribution in [1.29, 1.82) is 0 Å². The molecule has 0 aliphatic carbocycles. The summed E-state index contributed by atoms with van der Waals surface area (Å²) < 4.78 is 1.71. The molecule has 2 N–H and O–H groups in total. The fourth-order valence-electron chi connectivity index (χ4n) is 1.40. The molecular weight excluding hydrogens is 208 g/mol. The second kappa shape index (κ2) is 5.62. The maximum Gasteiger partial charge on any atom is 0.326 e. The molecule has 0 saturated carbocycles. The first-order valence-electron chi connectivity index (χ1n) is 5.09. The van der Waals surface area contributed by atoms with Crippen molar-refractivity contribution in [1.82, 2.24) is 19.8 Å². The van der Waals surface area contributed by atoms with E-state index in [0.29, 0.717) is 12.2 Å². The zero-order chi connectivity index (χ0) is 12.1. The van der Waals surface area contributed by atoms with Crippen LogP contribution in [0.25, 0.3) is 0 Å². The van der Waals surface area contributed by atoms with E-state index in [0.717, 1.165) is 6.54 Å². The van der Waals surface area contributed by atoms with Crippen LogP contribution in [0.15, 0.2) is 12.5 Å². The van der Waals surface area contributed by atoms with Crippen LogP contribution >= 0.6 is 0 Å². The molecule has 1 aromatic rings. The van der Waals surface area contributed by atoms with Gasteiger partial charge in [-0.15, -0.1) is 0 Å². The van der Waals surface area contributed by atoms with Crippen LogP contribution in [-0.4, -0.2) is 52.7 Å². The Morgan fingerprint density at radius 3 is 2.81 bits per heavy atom. The van der Waals surface area contributed by atoms with Gasteiger partial charge in [-0.3, -0.25) is 10.1 Å². The quantitative estimate of drug-likeness (QED) is 0.696. The highest BCUT2D eigenvalue weighted by atomic mass is 16.4. The number of hydrogen-bond donors (Lipinski definition) is 2. The molecule has 0 fully saturated rings. The minimum Gasteiger partial charge on any atom is -0.480 e. The first-order chi connectivity index (χ1) is 7.52. The summed E-state index contributed by atoms with van der Waals surface area (Å²) in [4.78, 5) is 17.0. The van der Waals surface area contributed by atoms with E-state index in [4.69, 9.17) is 5.11 Å². The van der Waals surface area contributed by atoms with Crippen LogP contribution in [0, 0.1) is 0 Å². The molecule has 1 rings (SSSR count). The summed E-state index contributed by atoms with van der Waals surface area (Å²) >= 11 is 0. The van der Waals surface area contributed by atoms with Crippen LogP contribution in [0.4, 0.5) is 0 Å². The second-order valence-corrected chi connectivity index (χ2v) is 3.96. The van der Waals surface area contributed by atoms with Crippen LogP contribution in [0.3, 0.4) is 0 Å². The number of nitrogens with zero attached hydrogens (tertiary/aromatic N) is 3. The van der Waals surface area contributed by atoms with Gasteiger partial charge in [0, 0.05) is 20.1 Å². The zero-order valence-corrected chi connectivity index (χ0v) is 9.84. The lowest BCUT2D eigenvalue weighted by Gasteiger charge is -2.16. The van der Waals surface area contributed by atoms with Gasteiger partial charge in [0.1, 0.15) is 6.04 Å². The van der Waals surface area contributed by atoms with Crippen LogP contribution in [0.2, 0.25) is 0 Å². The van der Waals surface area contributed by atoms with E-state index in [9.17, 15) is 4.79 Å². The lowest BCUT2D eigenvalue weighted by atomic mass is 10.2. The number of carboxylic acid groups (broad SMARTS) is 1. The standard InChI is InChI=1S/C10H18N4O2/c1-13(2)5-4-12-9(10(15)16)8-6-11-7-14(8)3/h6-7,9,12H,4-5H2,1-3H3,(H,15,16). The molecule has 0 amide bonds. The maximum atomic E-state index is 11.1. The molecule has 1 unspecified atom stereocenters. The molecule has 0 saturated heterocycles. The highest BCUT2D eigenvalue weighted by Crippen LogP contribution is 2.11. The number of aromatic nitrogens is 2. The molecule has 0 radical (unpaired) electrons. The summed E-state index contributed by atoms with van der Waals surface area (Å²) in [5.41, 5.74) is 0.659. The third-order valence-electron chi connectivity index (χ3n) is 2.30. The molecular formula is C10H18N4O2.